The van der Waals surface area contributed by atoms with E-state index in [0.29, 0.717) is 6.54 Å². The normalized spacial score (nSPS) is 11.3. The van der Waals surface area contributed by atoms with E-state index in [4.69, 9.17) is 5.73 Å². The van der Waals surface area contributed by atoms with Gasteiger partial charge in [-0.2, -0.15) is 0 Å². The Morgan fingerprint density at radius 2 is 1.10 bits per heavy atom. The van der Waals surface area contributed by atoms with Crippen molar-refractivity contribution >= 4 is 0 Å². The van der Waals surface area contributed by atoms with Gasteiger partial charge in [-0.05, 0) is 85.5 Å². The summed E-state index contributed by atoms with van der Waals surface area (Å²) in [7, 11) is 0. The second-order valence-corrected chi connectivity index (χ2v) is 12.7. The minimum absolute atomic E-state index is 0.0994. The zero-order valence-electron chi connectivity index (χ0n) is 28.9. The first-order valence-electron chi connectivity index (χ1n) is 17.0. The van der Waals surface area contributed by atoms with Crippen molar-refractivity contribution in [2.75, 3.05) is 26.2 Å². The lowest BCUT2D eigenvalue weighted by Gasteiger charge is -2.27. The van der Waals surface area contributed by atoms with Crippen molar-refractivity contribution in [2.24, 2.45) is 5.73 Å². The van der Waals surface area contributed by atoms with Crippen LogP contribution in [0.5, 0.6) is 0 Å². The summed E-state index contributed by atoms with van der Waals surface area (Å²) >= 11 is 0. The quantitative estimate of drug-likeness (QED) is 0.0894. The maximum Gasteiger partial charge on any atom is 0.123 e. The van der Waals surface area contributed by atoms with E-state index < -0.39 is 0 Å². The van der Waals surface area contributed by atoms with E-state index >= 15 is 0 Å². The monoisotopic (exact) mass is 662 g/mol. The van der Waals surface area contributed by atoms with Crippen LogP contribution < -0.4 is 21.7 Å². The van der Waals surface area contributed by atoms with E-state index in [0.717, 1.165) is 81.4 Å². The molecule has 3 heterocycles. The Hall–Kier alpha value is -4.38. The van der Waals surface area contributed by atoms with Crippen LogP contribution in [0.15, 0.2) is 122 Å². The third kappa shape index (κ3) is 15.2. The van der Waals surface area contributed by atoms with Crippen molar-refractivity contribution in [1.82, 2.24) is 35.8 Å². The molecule has 0 unspecified atom stereocenters. The van der Waals surface area contributed by atoms with Gasteiger partial charge in [0, 0.05) is 83.0 Å². The van der Waals surface area contributed by atoms with E-state index in [1.54, 1.807) is 6.20 Å². The van der Waals surface area contributed by atoms with Gasteiger partial charge in [-0.3, -0.25) is 19.9 Å². The molecular formula is C40H51FN8. The van der Waals surface area contributed by atoms with Crippen molar-refractivity contribution in [1.29, 1.82) is 0 Å². The molecular weight excluding hydrogens is 611 g/mol. The fourth-order valence-electron chi connectivity index (χ4n) is 5.24. The van der Waals surface area contributed by atoms with Crippen LogP contribution in [0.4, 0.5) is 4.39 Å². The maximum absolute atomic E-state index is 13.3. The summed E-state index contributed by atoms with van der Waals surface area (Å²) in [4.78, 5) is 15.3. The molecule has 0 bridgehead atoms. The molecule has 0 saturated heterocycles. The number of aromatic nitrogens is 3. The number of halogens is 1. The molecule has 0 aliphatic heterocycles. The molecule has 0 fully saturated rings. The predicted molar refractivity (Wildman–Crippen MR) is 197 cm³/mol. The molecule has 5 N–H and O–H groups in total. The summed E-state index contributed by atoms with van der Waals surface area (Å²) in [6, 6.07) is 33.4. The first-order chi connectivity index (χ1) is 23.9. The third-order valence-corrected chi connectivity index (χ3v) is 7.97. The van der Waals surface area contributed by atoms with Gasteiger partial charge in [0.1, 0.15) is 5.82 Å². The van der Waals surface area contributed by atoms with Gasteiger partial charge >= 0.3 is 0 Å². The highest BCUT2D eigenvalue weighted by Crippen LogP contribution is 2.15. The van der Waals surface area contributed by atoms with E-state index in [1.165, 1.54) is 23.3 Å². The second-order valence-electron chi connectivity index (χ2n) is 12.7. The summed E-state index contributed by atoms with van der Waals surface area (Å²) in [5, 5.41) is 10.7. The minimum Gasteiger partial charge on any atom is -0.325 e. The van der Waals surface area contributed by atoms with Crippen LogP contribution in [-0.2, 0) is 39.1 Å². The summed E-state index contributed by atoms with van der Waals surface area (Å²) < 4.78 is 13.3. The molecule has 3 aromatic heterocycles. The van der Waals surface area contributed by atoms with Gasteiger partial charge in [-0.1, -0.05) is 54.6 Å². The van der Waals surface area contributed by atoms with Crippen LogP contribution in [0.25, 0.3) is 0 Å². The molecule has 0 aliphatic rings. The van der Waals surface area contributed by atoms with Gasteiger partial charge in [-0.25, -0.2) is 4.39 Å². The smallest absolute Gasteiger partial charge is 0.123 e. The fraction of sp³-hybridized carbons (Fsp3) is 0.325. The van der Waals surface area contributed by atoms with E-state index in [2.05, 4.69) is 73.9 Å². The van der Waals surface area contributed by atoms with Crippen LogP contribution in [-0.4, -0.2) is 51.6 Å². The number of rotatable bonds is 18. The lowest BCUT2D eigenvalue weighted by atomic mass is 9.94. The summed E-state index contributed by atoms with van der Waals surface area (Å²) in [6.07, 6.45) is 6.25. The third-order valence-electron chi connectivity index (χ3n) is 7.97. The van der Waals surface area contributed by atoms with Gasteiger partial charge in [0.25, 0.3) is 0 Å². The van der Waals surface area contributed by atoms with Gasteiger partial charge in [0.2, 0.25) is 0 Å². The SMILES string of the molecule is CC(C)(Cc1ccc(F)cc1)NCc1ccc(CN(CCNCc2ccccn2)CCNCc2ccccn2)cc1.NCc1ccccn1. The van der Waals surface area contributed by atoms with Crippen LogP contribution >= 0.6 is 0 Å². The molecule has 0 spiro atoms. The first-order valence-corrected chi connectivity index (χ1v) is 17.0. The van der Waals surface area contributed by atoms with Crippen molar-refractivity contribution in [2.45, 2.75) is 58.5 Å². The lowest BCUT2D eigenvalue weighted by Crippen LogP contribution is -2.40. The number of nitrogens with one attached hydrogen (secondary N) is 3. The molecule has 49 heavy (non-hydrogen) atoms. The number of nitrogens with zero attached hydrogens (tertiary/aromatic N) is 4. The van der Waals surface area contributed by atoms with Gasteiger partial charge < -0.3 is 21.7 Å². The maximum atomic E-state index is 13.3. The number of nitrogens with two attached hydrogens (primary N) is 1. The molecule has 0 radical (unpaired) electrons. The van der Waals surface area contributed by atoms with Crippen LogP contribution in [0.2, 0.25) is 0 Å². The predicted octanol–water partition coefficient (Wildman–Crippen LogP) is 5.65. The highest BCUT2D eigenvalue weighted by Gasteiger charge is 2.17. The standard InChI is InChI=1S/C34H43FN6.C6H8N2/c1-34(2,23-28-13-15-31(35)16-14-28)40-24-29-9-11-30(12-10-29)27-41(21-19-36-25-32-7-3-5-17-38-32)22-20-37-26-33-8-4-6-18-39-33;7-5-6-3-1-2-4-8-6/h3-18,36-37,40H,19-27H2,1-2H3;1-4H,5,7H2. The molecule has 258 valence electrons. The summed E-state index contributed by atoms with van der Waals surface area (Å²) in [5.74, 6) is -0.195. The molecule has 0 amide bonds. The van der Waals surface area contributed by atoms with Crippen LogP contribution in [0.1, 0.15) is 47.6 Å². The number of hydrogen-bond donors (Lipinski definition) is 4. The molecule has 5 aromatic rings. The minimum atomic E-state index is -0.195. The molecule has 0 atom stereocenters. The zero-order chi connectivity index (χ0) is 34.6. The molecule has 9 heteroatoms. The highest BCUT2D eigenvalue weighted by atomic mass is 19.1. The molecule has 0 aliphatic carbocycles. The molecule has 0 saturated carbocycles. The Labute approximate surface area is 291 Å². The molecule has 2 aromatic carbocycles. The van der Waals surface area contributed by atoms with Crippen molar-refractivity contribution in [3.05, 3.63) is 161 Å². The molecule has 5 rings (SSSR count). The Balaban J connectivity index is 0.000000592. The van der Waals surface area contributed by atoms with E-state index in [1.807, 2.05) is 79.1 Å². The van der Waals surface area contributed by atoms with Crippen LogP contribution in [0.3, 0.4) is 0 Å². The second kappa shape index (κ2) is 20.9. The lowest BCUT2D eigenvalue weighted by molar-refractivity contribution is 0.263. The number of hydrogen-bond acceptors (Lipinski definition) is 8. The average molecular weight is 663 g/mol. The first kappa shape index (κ1) is 37.4. The Bertz CT molecular complexity index is 1520. The van der Waals surface area contributed by atoms with Gasteiger partial charge in [0.05, 0.1) is 17.1 Å². The van der Waals surface area contributed by atoms with E-state index in [-0.39, 0.29) is 11.4 Å². The number of benzene rings is 2. The van der Waals surface area contributed by atoms with Crippen molar-refractivity contribution in [3.8, 4) is 0 Å². The zero-order valence-corrected chi connectivity index (χ0v) is 28.9. The molecule has 8 nitrogen and oxygen atoms in total. The summed E-state index contributed by atoms with van der Waals surface area (Å²) in [6.45, 7) is 11.8. The van der Waals surface area contributed by atoms with Crippen molar-refractivity contribution in [3.63, 3.8) is 0 Å². The largest absolute Gasteiger partial charge is 0.325 e. The van der Waals surface area contributed by atoms with Gasteiger partial charge in [-0.15, -0.1) is 0 Å². The van der Waals surface area contributed by atoms with Crippen LogP contribution in [0, 0.1) is 5.82 Å². The summed E-state index contributed by atoms with van der Waals surface area (Å²) in [5.41, 5.74) is 11.9. The Morgan fingerprint density at radius 1 is 0.612 bits per heavy atom. The van der Waals surface area contributed by atoms with E-state index in [9.17, 15) is 4.39 Å². The average Bonchev–Trinajstić information content (AvgIpc) is 3.14. The highest BCUT2D eigenvalue weighted by molar-refractivity contribution is 5.23. The Morgan fingerprint density at radius 3 is 1.57 bits per heavy atom. The fourth-order valence-corrected chi connectivity index (χ4v) is 5.24. The topological polar surface area (TPSA) is 104 Å². The Kier molecular flexibility index (Phi) is 15.9. The van der Waals surface area contributed by atoms with Gasteiger partial charge in [0.15, 0.2) is 0 Å². The number of pyridine rings is 3. The van der Waals surface area contributed by atoms with Crippen molar-refractivity contribution < 1.29 is 4.39 Å².